The molecule has 0 aliphatic carbocycles. The summed E-state index contributed by atoms with van der Waals surface area (Å²) in [5, 5.41) is 14.2. The van der Waals surface area contributed by atoms with Crippen molar-refractivity contribution in [2.45, 2.75) is 45.1 Å². The molecule has 16 heteroatoms. The SMILES string of the molecule is CCOc1cc(C(CS(C)=O)N2C(=O)c3cccc(N4CCC(CCN5CCN(c6ccc(Oc7ccc(C(=N)C8CCC(=O)NC8=O)c(NC)c7)cc6)CC5)CC4)c3C2=O)ccc1OC. The summed E-state index contributed by atoms with van der Waals surface area (Å²) in [5.41, 5.74) is 4.82. The summed E-state index contributed by atoms with van der Waals surface area (Å²) in [4.78, 5) is 60.8. The molecule has 15 nitrogen and oxygen atoms in total. The molecule has 0 saturated carbocycles. The van der Waals surface area contributed by atoms with Crippen molar-refractivity contribution < 1.29 is 37.6 Å². The van der Waals surface area contributed by atoms with Crippen LogP contribution in [-0.2, 0) is 20.4 Å². The summed E-state index contributed by atoms with van der Waals surface area (Å²) in [6.45, 7) is 8.71. The smallest absolute Gasteiger partial charge is 0.264 e. The minimum Gasteiger partial charge on any atom is -0.493 e. The van der Waals surface area contributed by atoms with Gasteiger partial charge in [0.25, 0.3) is 11.8 Å². The van der Waals surface area contributed by atoms with Crippen molar-refractivity contribution in [3.05, 3.63) is 101 Å². The van der Waals surface area contributed by atoms with Crippen LogP contribution in [0.4, 0.5) is 17.1 Å². The van der Waals surface area contributed by atoms with Crippen LogP contribution in [0.25, 0.3) is 0 Å². The molecule has 3 atom stereocenters. The highest BCUT2D eigenvalue weighted by molar-refractivity contribution is 7.84. The van der Waals surface area contributed by atoms with Gasteiger partial charge in [-0.3, -0.25) is 38.5 Å². The van der Waals surface area contributed by atoms with Gasteiger partial charge in [0.2, 0.25) is 11.8 Å². The zero-order chi connectivity index (χ0) is 46.5. The molecule has 0 aromatic heterocycles. The van der Waals surface area contributed by atoms with Crippen molar-refractivity contribution in [2.24, 2.45) is 11.8 Å². The first-order chi connectivity index (χ1) is 32.0. The molecule has 0 bridgehead atoms. The third-order valence-electron chi connectivity index (χ3n) is 13.3. The van der Waals surface area contributed by atoms with Gasteiger partial charge in [-0.05, 0) is 111 Å². The number of methoxy groups -OCH3 is 1. The van der Waals surface area contributed by atoms with Crippen molar-refractivity contribution in [1.82, 2.24) is 15.1 Å². The molecule has 3 saturated heterocycles. The van der Waals surface area contributed by atoms with Crippen LogP contribution in [0.3, 0.4) is 0 Å². The number of anilines is 3. The number of carbonyl (C=O) groups excluding carboxylic acids is 4. The largest absolute Gasteiger partial charge is 0.493 e. The van der Waals surface area contributed by atoms with Crippen molar-refractivity contribution in [1.29, 1.82) is 5.41 Å². The summed E-state index contributed by atoms with van der Waals surface area (Å²) in [7, 11) is 2.02. The molecular weight excluding hydrogens is 859 g/mol. The first-order valence-corrected chi connectivity index (χ1v) is 24.5. The number of imide groups is 2. The lowest BCUT2D eigenvalue weighted by atomic mass is 9.88. The predicted molar refractivity (Wildman–Crippen MR) is 256 cm³/mol. The number of nitrogens with zero attached hydrogens (tertiary/aromatic N) is 4. The van der Waals surface area contributed by atoms with E-state index in [-0.39, 0.29) is 35.6 Å². The van der Waals surface area contributed by atoms with Crippen LogP contribution in [0.15, 0.2) is 78.9 Å². The fraction of sp³-hybridized carbons (Fsp3) is 0.420. The van der Waals surface area contributed by atoms with Gasteiger partial charge in [0.05, 0.1) is 48.2 Å². The Morgan fingerprint density at radius 1 is 0.864 bits per heavy atom. The fourth-order valence-electron chi connectivity index (χ4n) is 9.65. The highest BCUT2D eigenvalue weighted by Gasteiger charge is 2.43. The number of hydrogen-bond acceptors (Lipinski definition) is 13. The van der Waals surface area contributed by atoms with Gasteiger partial charge < -0.3 is 34.7 Å². The Balaban J connectivity index is 0.815. The number of hydrogen-bond donors (Lipinski definition) is 3. The average Bonchev–Trinajstić information content (AvgIpc) is 3.58. The second-order valence-corrected chi connectivity index (χ2v) is 18.8. The monoisotopic (exact) mass is 917 g/mol. The number of benzene rings is 4. The molecule has 348 valence electrons. The van der Waals surface area contributed by atoms with Gasteiger partial charge in [-0.2, -0.15) is 0 Å². The molecule has 3 fully saturated rings. The number of carbonyl (C=O) groups is 4. The molecule has 4 amide bonds. The molecule has 66 heavy (non-hydrogen) atoms. The van der Waals surface area contributed by atoms with Crippen LogP contribution in [0.5, 0.6) is 23.0 Å². The first-order valence-electron chi connectivity index (χ1n) is 22.8. The number of fused-ring (bicyclic) bond motifs is 1. The maximum atomic E-state index is 14.3. The quantitative estimate of drug-likeness (QED) is 0.0778. The molecule has 4 aromatic rings. The molecule has 4 heterocycles. The Bertz CT molecular complexity index is 2500. The van der Waals surface area contributed by atoms with Gasteiger partial charge in [-0.1, -0.05) is 12.1 Å². The molecule has 8 rings (SSSR count). The van der Waals surface area contributed by atoms with Gasteiger partial charge in [0.15, 0.2) is 11.5 Å². The summed E-state index contributed by atoms with van der Waals surface area (Å²) < 4.78 is 30.1. The summed E-state index contributed by atoms with van der Waals surface area (Å²) in [5.74, 6) is 0.858. The van der Waals surface area contributed by atoms with Crippen molar-refractivity contribution in [3.63, 3.8) is 0 Å². The highest BCUT2D eigenvalue weighted by atomic mass is 32.2. The number of rotatable bonds is 17. The van der Waals surface area contributed by atoms with Gasteiger partial charge in [0.1, 0.15) is 11.5 Å². The Morgan fingerprint density at radius 3 is 2.29 bits per heavy atom. The number of amides is 4. The maximum Gasteiger partial charge on any atom is 0.264 e. The van der Waals surface area contributed by atoms with E-state index in [4.69, 9.17) is 19.6 Å². The van der Waals surface area contributed by atoms with E-state index in [1.54, 1.807) is 56.8 Å². The van der Waals surface area contributed by atoms with Crippen molar-refractivity contribution in [3.8, 4) is 23.0 Å². The number of piperazine rings is 1. The van der Waals surface area contributed by atoms with Crippen LogP contribution in [-0.4, -0.2) is 122 Å². The Labute approximate surface area is 388 Å². The van der Waals surface area contributed by atoms with Crippen molar-refractivity contribution >= 4 is 57.2 Å². The minimum absolute atomic E-state index is 0.102. The number of piperidine rings is 2. The van der Waals surface area contributed by atoms with E-state index in [1.807, 2.05) is 37.3 Å². The highest BCUT2D eigenvalue weighted by Crippen LogP contribution is 2.40. The molecule has 3 unspecified atom stereocenters. The van der Waals surface area contributed by atoms with Gasteiger partial charge >= 0.3 is 0 Å². The van der Waals surface area contributed by atoms with E-state index in [9.17, 15) is 23.4 Å². The molecule has 4 aliphatic heterocycles. The topological polar surface area (TPSA) is 174 Å². The van der Waals surface area contributed by atoms with E-state index in [1.165, 1.54) is 4.90 Å². The van der Waals surface area contributed by atoms with E-state index in [2.05, 4.69) is 37.5 Å². The molecule has 3 N–H and O–H groups in total. The fourth-order valence-corrected chi connectivity index (χ4v) is 10.4. The first kappa shape index (κ1) is 46.3. The average molecular weight is 918 g/mol. The lowest BCUT2D eigenvalue weighted by molar-refractivity contribution is -0.134. The van der Waals surface area contributed by atoms with E-state index in [0.717, 1.165) is 76.5 Å². The van der Waals surface area contributed by atoms with Crippen LogP contribution in [0.1, 0.15) is 76.9 Å². The maximum absolute atomic E-state index is 14.3. The summed E-state index contributed by atoms with van der Waals surface area (Å²) >= 11 is 0. The third kappa shape index (κ3) is 9.94. The zero-order valence-electron chi connectivity index (χ0n) is 38.1. The van der Waals surface area contributed by atoms with Gasteiger partial charge in [-0.15, -0.1) is 0 Å². The van der Waals surface area contributed by atoms with Crippen LogP contribution in [0.2, 0.25) is 0 Å². The second kappa shape index (κ2) is 20.5. The third-order valence-corrected chi connectivity index (χ3v) is 14.0. The van der Waals surface area contributed by atoms with Crippen molar-refractivity contribution in [2.75, 3.05) is 93.7 Å². The minimum atomic E-state index is -1.30. The van der Waals surface area contributed by atoms with Crippen LogP contribution in [0, 0.1) is 17.2 Å². The summed E-state index contributed by atoms with van der Waals surface area (Å²) in [6.07, 6.45) is 5.23. The lowest BCUT2D eigenvalue weighted by Gasteiger charge is -2.38. The normalized spacial score (nSPS) is 19.0. The van der Waals surface area contributed by atoms with E-state index >= 15 is 0 Å². The number of nitrogens with one attached hydrogen (secondary N) is 3. The number of ether oxygens (including phenoxy) is 3. The van der Waals surface area contributed by atoms with Crippen LogP contribution >= 0.6 is 0 Å². The Hall–Kier alpha value is -6.26. The van der Waals surface area contributed by atoms with Crippen LogP contribution < -0.4 is 34.6 Å². The predicted octanol–water partition coefficient (Wildman–Crippen LogP) is 6.49. The zero-order valence-corrected chi connectivity index (χ0v) is 38.9. The molecule has 4 aliphatic rings. The Morgan fingerprint density at radius 2 is 1.61 bits per heavy atom. The van der Waals surface area contributed by atoms with E-state index < -0.39 is 28.7 Å². The standard InChI is InChI=1S/C50H59N7O8S/c1-5-64-44-29-33(9-17-43(44)63-3)42(31-66(4)62)57-49(60)38-7-6-8-41(46(38)50(57)61)56-23-20-32(21-24-56)19-22-54-25-27-55(28-26-54)34-10-12-35(13-11-34)65-36-14-15-37(40(30-36)52-2)47(51)39-16-18-45(58)53-48(39)59/h6-15,17,29-30,32,39,42,51-52H,5,16,18-28,31H2,1-4H3,(H,53,58,59). The molecular formula is C50H59N7O8S. The van der Waals surface area contributed by atoms with E-state index in [0.29, 0.717) is 69.9 Å². The molecule has 0 spiro atoms. The van der Waals surface area contributed by atoms with Gasteiger partial charge in [-0.25, -0.2) is 0 Å². The second-order valence-electron chi connectivity index (χ2n) is 17.3. The Kier molecular flexibility index (Phi) is 14.4. The van der Waals surface area contributed by atoms with Gasteiger partial charge in [0, 0.05) is 98.5 Å². The lowest BCUT2D eigenvalue weighted by Crippen LogP contribution is -2.47. The summed E-state index contributed by atoms with van der Waals surface area (Å²) in [6, 6.07) is 23.6. The molecule has 0 radical (unpaired) electrons. The molecule has 4 aromatic carbocycles.